The van der Waals surface area contributed by atoms with Crippen molar-refractivity contribution in [2.45, 2.75) is 25.5 Å². The van der Waals surface area contributed by atoms with Crippen molar-refractivity contribution < 1.29 is 9.53 Å². The Kier molecular flexibility index (Phi) is 7.69. The van der Waals surface area contributed by atoms with Gasteiger partial charge in [0.25, 0.3) is 5.91 Å². The van der Waals surface area contributed by atoms with Gasteiger partial charge < -0.3 is 20.2 Å². The molecule has 3 N–H and O–H groups in total. The van der Waals surface area contributed by atoms with Gasteiger partial charge in [0.05, 0.1) is 5.69 Å². The lowest BCUT2D eigenvalue weighted by Crippen LogP contribution is -2.41. The maximum absolute atomic E-state index is 12.5. The highest BCUT2D eigenvalue weighted by Crippen LogP contribution is 2.32. The van der Waals surface area contributed by atoms with Gasteiger partial charge in [0.2, 0.25) is 0 Å². The summed E-state index contributed by atoms with van der Waals surface area (Å²) in [5, 5.41) is 3.03. The van der Waals surface area contributed by atoms with Crippen LogP contribution in [-0.4, -0.2) is 27.9 Å². The lowest BCUT2D eigenvalue weighted by Gasteiger charge is -2.16. The van der Waals surface area contributed by atoms with E-state index in [-0.39, 0.29) is 36.8 Å². The summed E-state index contributed by atoms with van der Waals surface area (Å²) in [6.07, 6.45) is 6.17. The topological polar surface area (TPSA) is 81.6 Å². The van der Waals surface area contributed by atoms with Crippen LogP contribution in [0.2, 0.25) is 0 Å². The van der Waals surface area contributed by atoms with E-state index in [1.807, 2.05) is 47.1 Å². The molecule has 1 aliphatic rings. The van der Waals surface area contributed by atoms with Gasteiger partial charge in [-0.3, -0.25) is 4.79 Å². The van der Waals surface area contributed by atoms with Gasteiger partial charge in [0.15, 0.2) is 0 Å². The fourth-order valence-electron chi connectivity index (χ4n) is 3.06. The zero-order chi connectivity index (χ0) is 17.9. The Morgan fingerprint density at radius 1 is 1.25 bits per heavy atom. The summed E-state index contributed by atoms with van der Waals surface area (Å²) in [6, 6.07) is 13.1. The van der Waals surface area contributed by atoms with Crippen molar-refractivity contribution in [1.29, 1.82) is 0 Å². The summed E-state index contributed by atoms with van der Waals surface area (Å²) >= 11 is 0. The first-order valence-electron chi connectivity index (χ1n) is 8.89. The van der Waals surface area contributed by atoms with Crippen LogP contribution in [0.4, 0.5) is 0 Å². The van der Waals surface area contributed by atoms with Crippen LogP contribution in [0.15, 0.2) is 54.9 Å². The van der Waals surface area contributed by atoms with Crippen molar-refractivity contribution in [3.63, 3.8) is 0 Å². The summed E-state index contributed by atoms with van der Waals surface area (Å²) in [6.45, 7) is 0.820. The quantitative estimate of drug-likeness (QED) is 0.612. The third-order valence-corrected chi connectivity index (χ3v) is 4.66. The number of aromatic nitrogens is 2. The SMILES string of the molecule is Cl.Cl.NCC(NC(=O)c1cccc(OCc2cn3ccccc3n2)c1)C1CC1. The molecule has 1 unspecified atom stereocenters. The zero-order valence-corrected chi connectivity index (χ0v) is 16.9. The van der Waals surface area contributed by atoms with Gasteiger partial charge in [-0.25, -0.2) is 4.98 Å². The van der Waals surface area contributed by atoms with Crippen LogP contribution in [0, 0.1) is 5.92 Å². The number of carbonyl (C=O) groups excluding carboxylic acids is 1. The molecule has 1 aromatic carbocycles. The summed E-state index contributed by atoms with van der Waals surface area (Å²) in [5.74, 6) is 1.06. The number of nitrogens with two attached hydrogens (primary N) is 1. The van der Waals surface area contributed by atoms with Crippen LogP contribution < -0.4 is 15.8 Å². The van der Waals surface area contributed by atoms with E-state index in [1.54, 1.807) is 12.1 Å². The van der Waals surface area contributed by atoms with Crippen molar-refractivity contribution >= 4 is 36.4 Å². The molecule has 0 aliphatic heterocycles. The van der Waals surface area contributed by atoms with Crippen LogP contribution in [0.5, 0.6) is 5.75 Å². The van der Waals surface area contributed by atoms with E-state index in [1.165, 1.54) is 0 Å². The fraction of sp³-hybridized carbons (Fsp3) is 0.300. The van der Waals surface area contributed by atoms with Crippen LogP contribution >= 0.6 is 24.8 Å². The van der Waals surface area contributed by atoms with Crippen LogP contribution in [0.25, 0.3) is 5.65 Å². The molecule has 1 aliphatic carbocycles. The number of imidazole rings is 1. The van der Waals surface area contributed by atoms with Crippen LogP contribution in [0.3, 0.4) is 0 Å². The Bertz CT molecular complexity index is 894. The lowest BCUT2D eigenvalue weighted by atomic mass is 10.1. The average Bonchev–Trinajstić information content (AvgIpc) is 3.43. The van der Waals surface area contributed by atoms with Crippen molar-refractivity contribution in [2.75, 3.05) is 6.54 Å². The Hall–Kier alpha value is -2.28. The van der Waals surface area contributed by atoms with Gasteiger partial charge in [-0.2, -0.15) is 0 Å². The van der Waals surface area contributed by atoms with Crippen molar-refractivity contribution in [3.05, 3.63) is 66.1 Å². The van der Waals surface area contributed by atoms with E-state index >= 15 is 0 Å². The molecule has 28 heavy (non-hydrogen) atoms. The Balaban J connectivity index is 0.00000140. The molecule has 0 spiro atoms. The highest BCUT2D eigenvalue weighted by atomic mass is 35.5. The van der Waals surface area contributed by atoms with E-state index in [2.05, 4.69) is 10.3 Å². The second kappa shape index (κ2) is 9.78. The van der Waals surface area contributed by atoms with E-state index in [0.717, 1.165) is 24.2 Å². The molecule has 8 heteroatoms. The number of ether oxygens (including phenoxy) is 1. The molecule has 4 rings (SSSR count). The van der Waals surface area contributed by atoms with Crippen LogP contribution in [0.1, 0.15) is 28.9 Å². The maximum atomic E-state index is 12.5. The fourth-order valence-corrected chi connectivity index (χ4v) is 3.06. The van der Waals surface area contributed by atoms with Crippen molar-refractivity contribution in [1.82, 2.24) is 14.7 Å². The monoisotopic (exact) mass is 422 g/mol. The van der Waals surface area contributed by atoms with Gasteiger partial charge >= 0.3 is 0 Å². The van der Waals surface area contributed by atoms with E-state index in [0.29, 0.717) is 30.4 Å². The molecule has 2 heterocycles. The molecular weight excluding hydrogens is 399 g/mol. The number of nitrogens with one attached hydrogen (secondary N) is 1. The Morgan fingerprint density at radius 2 is 2.07 bits per heavy atom. The number of nitrogens with zero attached hydrogens (tertiary/aromatic N) is 2. The highest BCUT2D eigenvalue weighted by molar-refractivity contribution is 5.94. The van der Waals surface area contributed by atoms with E-state index < -0.39 is 0 Å². The molecule has 6 nitrogen and oxygen atoms in total. The van der Waals surface area contributed by atoms with Crippen molar-refractivity contribution in [3.8, 4) is 5.75 Å². The zero-order valence-electron chi connectivity index (χ0n) is 15.3. The molecule has 2 aromatic heterocycles. The summed E-state index contributed by atoms with van der Waals surface area (Å²) in [5.41, 5.74) is 8.06. The van der Waals surface area contributed by atoms with Gasteiger partial charge in [0, 0.05) is 30.5 Å². The largest absolute Gasteiger partial charge is 0.487 e. The number of hydrogen-bond donors (Lipinski definition) is 2. The minimum absolute atomic E-state index is 0. The predicted octanol–water partition coefficient (Wildman–Crippen LogP) is 3.22. The molecule has 1 amide bonds. The lowest BCUT2D eigenvalue weighted by molar-refractivity contribution is 0.0933. The molecule has 3 aromatic rings. The summed E-state index contributed by atoms with van der Waals surface area (Å²) in [7, 11) is 0. The summed E-state index contributed by atoms with van der Waals surface area (Å²) in [4.78, 5) is 17.0. The third-order valence-electron chi connectivity index (χ3n) is 4.66. The molecule has 1 saturated carbocycles. The first-order chi connectivity index (χ1) is 12.7. The molecule has 0 bridgehead atoms. The molecule has 0 radical (unpaired) electrons. The summed E-state index contributed by atoms with van der Waals surface area (Å²) < 4.78 is 7.77. The Morgan fingerprint density at radius 3 is 2.79 bits per heavy atom. The standard InChI is InChI=1S/C20H22N4O2.2ClH/c21-11-18(14-7-8-14)23-20(25)15-4-3-5-17(10-15)26-13-16-12-24-9-2-1-6-19(24)22-16;;/h1-6,9-10,12,14,18H,7-8,11,13,21H2,(H,23,25);2*1H. The van der Waals surface area contributed by atoms with E-state index in [4.69, 9.17) is 10.5 Å². The number of pyridine rings is 1. The minimum atomic E-state index is -0.106. The third kappa shape index (κ3) is 5.16. The van der Waals surface area contributed by atoms with E-state index in [9.17, 15) is 4.79 Å². The molecule has 0 saturated heterocycles. The number of halogens is 2. The number of benzene rings is 1. The number of rotatable bonds is 7. The molecule has 1 fully saturated rings. The minimum Gasteiger partial charge on any atom is -0.487 e. The Labute approximate surface area is 176 Å². The number of carbonyl (C=O) groups is 1. The number of hydrogen-bond acceptors (Lipinski definition) is 4. The average molecular weight is 423 g/mol. The van der Waals surface area contributed by atoms with Crippen molar-refractivity contribution in [2.24, 2.45) is 11.7 Å². The molecule has 150 valence electrons. The predicted molar refractivity (Wildman–Crippen MR) is 113 cm³/mol. The normalized spacial score (nSPS) is 13.9. The molecular formula is C20H24Cl2N4O2. The maximum Gasteiger partial charge on any atom is 0.251 e. The van der Waals surface area contributed by atoms with Gasteiger partial charge in [0.1, 0.15) is 18.0 Å². The highest BCUT2D eigenvalue weighted by Gasteiger charge is 2.31. The van der Waals surface area contributed by atoms with Gasteiger partial charge in [-0.05, 0) is 49.1 Å². The smallest absolute Gasteiger partial charge is 0.251 e. The molecule has 1 atom stereocenters. The number of amides is 1. The van der Waals surface area contributed by atoms with Gasteiger partial charge in [-0.1, -0.05) is 12.1 Å². The number of fused-ring (bicyclic) bond motifs is 1. The second-order valence-electron chi connectivity index (χ2n) is 6.67. The second-order valence-corrected chi connectivity index (χ2v) is 6.67. The first kappa shape index (κ1) is 22.0. The van der Waals surface area contributed by atoms with Gasteiger partial charge in [-0.15, -0.1) is 24.8 Å². The van der Waals surface area contributed by atoms with Crippen LogP contribution in [-0.2, 0) is 6.61 Å². The first-order valence-corrected chi connectivity index (χ1v) is 8.89.